The van der Waals surface area contributed by atoms with Gasteiger partial charge in [-0.05, 0) is 12.1 Å². The molecule has 0 spiro atoms. The number of carbonyl (C=O) groups is 1. The van der Waals surface area contributed by atoms with Crippen molar-refractivity contribution in [1.29, 1.82) is 0 Å². The van der Waals surface area contributed by atoms with Crippen LogP contribution in [0.1, 0.15) is 10.5 Å². The lowest BCUT2D eigenvalue weighted by Gasteiger charge is -2.11. The van der Waals surface area contributed by atoms with Gasteiger partial charge in [-0.25, -0.2) is 4.39 Å². The minimum atomic E-state index is -3.24. The molecule has 0 radical (unpaired) electrons. The smallest absolute Gasteiger partial charge is 0.387 e. The van der Waals surface area contributed by atoms with Crippen LogP contribution in [0.4, 0.5) is 24.5 Å². The molecule has 0 saturated heterocycles. The van der Waals surface area contributed by atoms with Crippen molar-refractivity contribution in [1.82, 2.24) is 10.2 Å². The third kappa shape index (κ3) is 3.31. The van der Waals surface area contributed by atoms with Crippen LogP contribution in [-0.2, 0) is 0 Å². The van der Waals surface area contributed by atoms with E-state index in [1.807, 2.05) is 0 Å². The van der Waals surface area contributed by atoms with E-state index in [0.717, 1.165) is 18.3 Å². The average molecular weight is 316 g/mol. The second kappa shape index (κ2) is 6.11. The van der Waals surface area contributed by atoms with Crippen LogP contribution in [0.3, 0.4) is 0 Å². The third-order valence-corrected chi connectivity index (χ3v) is 2.45. The van der Waals surface area contributed by atoms with Crippen LogP contribution in [0.15, 0.2) is 24.4 Å². The molecule has 1 heterocycles. The normalized spacial score (nSPS) is 10.5. The molecule has 0 aliphatic carbocycles. The first kappa shape index (κ1) is 15.3. The number of benzene rings is 1. The maximum absolute atomic E-state index is 13.0. The van der Waals surface area contributed by atoms with E-state index in [-0.39, 0.29) is 5.69 Å². The minimum absolute atomic E-state index is 0.282. The number of nitro groups is 1. The Bertz CT molecular complexity index is 719. The maximum atomic E-state index is 13.0. The van der Waals surface area contributed by atoms with Gasteiger partial charge in [-0.1, -0.05) is 0 Å². The van der Waals surface area contributed by atoms with Gasteiger partial charge in [-0.15, -0.1) is 0 Å². The highest BCUT2D eigenvalue weighted by Gasteiger charge is 2.24. The molecule has 11 heteroatoms. The third-order valence-electron chi connectivity index (χ3n) is 2.45. The molecule has 1 aromatic heterocycles. The second-order valence-corrected chi connectivity index (χ2v) is 3.86. The first-order valence-electron chi connectivity index (χ1n) is 5.62. The number of carbonyl (C=O) groups excluding carboxylic acids is 1. The molecule has 2 aromatic rings. The molecule has 0 aliphatic heterocycles. The molecule has 0 atom stereocenters. The summed E-state index contributed by atoms with van der Waals surface area (Å²) < 4.78 is 41.6. The lowest BCUT2D eigenvalue weighted by atomic mass is 10.2. The number of amides is 1. The summed E-state index contributed by atoms with van der Waals surface area (Å²) in [6.45, 7) is -3.24. The molecular formula is C11H7F3N4O4. The summed E-state index contributed by atoms with van der Waals surface area (Å²) in [6, 6.07) is 2.52. The van der Waals surface area contributed by atoms with Crippen LogP contribution < -0.4 is 10.1 Å². The molecule has 116 valence electrons. The number of aromatic nitrogens is 2. The number of ether oxygens (including phenoxy) is 1. The number of nitrogens with zero attached hydrogens (tertiary/aromatic N) is 2. The van der Waals surface area contributed by atoms with Crippen molar-refractivity contribution >= 4 is 17.3 Å². The predicted molar refractivity (Wildman–Crippen MR) is 66.2 cm³/mol. The number of nitrogens with one attached hydrogen (secondary N) is 2. The summed E-state index contributed by atoms with van der Waals surface area (Å²) in [7, 11) is 0. The van der Waals surface area contributed by atoms with Gasteiger partial charge in [0.1, 0.15) is 12.0 Å². The molecule has 22 heavy (non-hydrogen) atoms. The van der Waals surface area contributed by atoms with Gasteiger partial charge in [0, 0.05) is 6.07 Å². The number of H-pyrrole nitrogens is 1. The Hall–Kier alpha value is -3.11. The SMILES string of the molecule is O=C(Nc1ccc(F)cc1OC(F)F)c1[nH]ncc1[N+](=O)[O-]. The Morgan fingerprint density at radius 2 is 2.18 bits per heavy atom. The molecule has 8 nitrogen and oxygen atoms in total. The summed E-state index contributed by atoms with van der Waals surface area (Å²) in [5, 5.41) is 18.3. The number of halogens is 3. The van der Waals surface area contributed by atoms with E-state index in [1.54, 1.807) is 0 Å². The highest BCUT2D eigenvalue weighted by Crippen LogP contribution is 2.28. The first-order chi connectivity index (χ1) is 10.4. The molecular weight excluding hydrogens is 309 g/mol. The van der Waals surface area contributed by atoms with Crippen molar-refractivity contribution < 1.29 is 27.6 Å². The highest BCUT2D eigenvalue weighted by molar-refractivity contribution is 6.06. The quantitative estimate of drug-likeness (QED) is 0.649. The van der Waals surface area contributed by atoms with E-state index in [0.29, 0.717) is 6.07 Å². The molecule has 0 saturated carbocycles. The van der Waals surface area contributed by atoms with Crippen molar-refractivity contribution in [3.8, 4) is 5.75 Å². The summed E-state index contributed by atoms with van der Waals surface area (Å²) in [6.07, 6.45) is 0.816. The first-order valence-corrected chi connectivity index (χ1v) is 5.62. The predicted octanol–water partition coefficient (Wildman–Crippen LogP) is 2.31. The molecule has 0 aliphatic rings. The lowest BCUT2D eigenvalue weighted by Crippen LogP contribution is -2.15. The van der Waals surface area contributed by atoms with Gasteiger partial charge in [0.25, 0.3) is 5.91 Å². The number of anilines is 1. The van der Waals surface area contributed by atoms with E-state index < -0.39 is 40.4 Å². The molecule has 2 rings (SSSR count). The Morgan fingerprint density at radius 1 is 1.45 bits per heavy atom. The van der Waals surface area contributed by atoms with Gasteiger partial charge < -0.3 is 10.1 Å². The fourth-order valence-electron chi connectivity index (χ4n) is 1.56. The summed E-state index contributed by atoms with van der Waals surface area (Å²) in [4.78, 5) is 21.7. The van der Waals surface area contributed by atoms with E-state index in [4.69, 9.17) is 0 Å². The molecule has 1 amide bonds. The fraction of sp³-hybridized carbons (Fsp3) is 0.0909. The van der Waals surface area contributed by atoms with Crippen LogP contribution in [0.25, 0.3) is 0 Å². The average Bonchev–Trinajstić information content (AvgIpc) is 2.90. The van der Waals surface area contributed by atoms with Gasteiger partial charge in [-0.3, -0.25) is 20.0 Å². The van der Waals surface area contributed by atoms with Crippen LogP contribution in [0.5, 0.6) is 5.75 Å². The number of hydrogen-bond acceptors (Lipinski definition) is 5. The fourth-order valence-corrected chi connectivity index (χ4v) is 1.56. The van der Waals surface area contributed by atoms with E-state index in [9.17, 15) is 28.1 Å². The van der Waals surface area contributed by atoms with E-state index in [1.165, 1.54) is 0 Å². The van der Waals surface area contributed by atoms with Gasteiger partial charge in [-0.2, -0.15) is 13.9 Å². The molecule has 2 N–H and O–H groups in total. The van der Waals surface area contributed by atoms with Crippen molar-refractivity contribution in [3.05, 3.63) is 46.0 Å². The monoisotopic (exact) mass is 316 g/mol. The largest absolute Gasteiger partial charge is 0.432 e. The Balaban J connectivity index is 2.28. The zero-order valence-corrected chi connectivity index (χ0v) is 10.5. The van der Waals surface area contributed by atoms with Crippen LogP contribution in [0.2, 0.25) is 0 Å². The van der Waals surface area contributed by atoms with Crippen molar-refractivity contribution in [3.63, 3.8) is 0 Å². The van der Waals surface area contributed by atoms with Gasteiger partial charge in [0.15, 0.2) is 5.75 Å². The highest BCUT2D eigenvalue weighted by atomic mass is 19.3. The zero-order valence-electron chi connectivity index (χ0n) is 10.5. The van der Waals surface area contributed by atoms with Gasteiger partial charge >= 0.3 is 12.3 Å². The molecule has 0 unspecified atom stereocenters. The maximum Gasteiger partial charge on any atom is 0.387 e. The zero-order chi connectivity index (χ0) is 16.3. The summed E-state index contributed by atoms with van der Waals surface area (Å²) in [5.41, 5.74) is -1.37. The standard InChI is InChI=1S/C11H7F3N4O4/c12-5-1-2-6(8(3-5)22-11(13)14)16-10(19)9-7(18(20)21)4-15-17-9/h1-4,11H,(H,15,17)(H,16,19). The van der Waals surface area contributed by atoms with Gasteiger partial charge in [0.05, 0.1) is 10.6 Å². The van der Waals surface area contributed by atoms with Gasteiger partial charge in [0.2, 0.25) is 5.69 Å². The lowest BCUT2D eigenvalue weighted by molar-refractivity contribution is -0.385. The molecule has 1 aromatic carbocycles. The van der Waals surface area contributed by atoms with E-state index in [2.05, 4.69) is 20.3 Å². The number of hydrogen-bond donors (Lipinski definition) is 2. The Labute approximate surface area is 120 Å². The minimum Gasteiger partial charge on any atom is -0.432 e. The molecule has 0 bridgehead atoms. The topological polar surface area (TPSA) is 110 Å². The second-order valence-electron chi connectivity index (χ2n) is 3.86. The number of aromatic amines is 1. The van der Waals surface area contributed by atoms with Crippen molar-refractivity contribution in [2.24, 2.45) is 0 Å². The number of alkyl halides is 2. The van der Waals surface area contributed by atoms with Crippen molar-refractivity contribution in [2.75, 3.05) is 5.32 Å². The number of rotatable bonds is 5. The Kier molecular flexibility index (Phi) is 4.25. The van der Waals surface area contributed by atoms with Crippen molar-refractivity contribution in [2.45, 2.75) is 6.61 Å². The Morgan fingerprint density at radius 3 is 2.82 bits per heavy atom. The summed E-state index contributed by atoms with van der Waals surface area (Å²) >= 11 is 0. The van der Waals surface area contributed by atoms with Crippen LogP contribution in [-0.4, -0.2) is 27.6 Å². The molecule has 0 fully saturated rings. The van der Waals surface area contributed by atoms with Crippen LogP contribution in [0, 0.1) is 15.9 Å². The van der Waals surface area contributed by atoms with E-state index >= 15 is 0 Å². The van der Waals surface area contributed by atoms with Crippen LogP contribution >= 0.6 is 0 Å². The summed E-state index contributed by atoms with van der Waals surface area (Å²) in [5.74, 6) is -2.50.